The van der Waals surface area contributed by atoms with Crippen LogP contribution in [0.15, 0.2) is 0 Å². The number of nitrogens with two attached hydrogens (primary N) is 1. The first-order valence-electron chi connectivity index (χ1n) is 5.69. The lowest BCUT2D eigenvalue weighted by Gasteiger charge is -2.31. The fourth-order valence-corrected chi connectivity index (χ4v) is 3.08. The van der Waals surface area contributed by atoms with Crippen molar-refractivity contribution in [1.82, 2.24) is 0 Å². The average Bonchev–Trinajstić information content (AvgIpc) is 2.67. The Morgan fingerprint density at radius 3 is 2.77 bits per heavy atom. The highest BCUT2D eigenvalue weighted by Crippen LogP contribution is 2.39. The first-order chi connectivity index (χ1) is 6.42. The molecule has 0 bridgehead atoms. The van der Waals surface area contributed by atoms with Crippen LogP contribution in [0.2, 0.25) is 0 Å². The maximum atomic E-state index is 5.79. The van der Waals surface area contributed by atoms with Crippen molar-refractivity contribution >= 4 is 0 Å². The van der Waals surface area contributed by atoms with Crippen LogP contribution in [0.3, 0.4) is 0 Å². The predicted molar refractivity (Wildman–Crippen MR) is 53.4 cm³/mol. The molecule has 76 valence electrons. The summed E-state index contributed by atoms with van der Waals surface area (Å²) in [5, 5.41) is 0. The molecular formula is C11H21NO. The molecule has 2 N–H and O–H groups in total. The zero-order valence-electron chi connectivity index (χ0n) is 8.37. The van der Waals surface area contributed by atoms with Gasteiger partial charge in [0.1, 0.15) is 0 Å². The monoisotopic (exact) mass is 183 g/mol. The van der Waals surface area contributed by atoms with Gasteiger partial charge in [0.05, 0.1) is 0 Å². The summed E-state index contributed by atoms with van der Waals surface area (Å²) in [6.07, 6.45) is 6.79. The number of rotatable bonds is 2. The third kappa shape index (κ3) is 2.05. The lowest BCUT2D eigenvalue weighted by atomic mass is 9.81. The van der Waals surface area contributed by atoms with Gasteiger partial charge >= 0.3 is 0 Å². The Morgan fingerprint density at radius 2 is 2.08 bits per heavy atom. The van der Waals surface area contributed by atoms with E-state index in [1.165, 1.54) is 32.1 Å². The van der Waals surface area contributed by atoms with E-state index in [1.54, 1.807) is 0 Å². The van der Waals surface area contributed by atoms with Gasteiger partial charge in [-0.2, -0.15) is 0 Å². The first-order valence-corrected chi connectivity index (χ1v) is 5.69. The van der Waals surface area contributed by atoms with Crippen molar-refractivity contribution in [1.29, 1.82) is 0 Å². The van der Waals surface area contributed by atoms with Crippen LogP contribution in [0.5, 0.6) is 0 Å². The minimum absolute atomic E-state index is 0.798. The molecule has 3 unspecified atom stereocenters. The Balaban J connectivity index is 1.90. The Bertz CT molecular complexity index is 154. The molecular weight excluding hydrogens is 162 g/mol. The van der Waals surface area contributed by atoms with Gasteiger partial charge in [0, 0.05) is 13.2 Å². The van der Waals surface area contributed by atoms with E-state index in [0.29, 0.717) is 0 Å². The first kappa shape index (κ1) is 9.47. The Labute approximate surface area is 80.8 Å². The highest BCUT2D eigenvalue weighted by molar-refractivity contribution is 4.84. The van der Waals surface area contributed by atoms with Crippen LogP contribution in [0.1, 0.15) is 32.1 Å². The summed E-state index contributed by atoms with van der Waals surface area (Å²) < 4.78 is 5.55. The fraction of sp³-hybridized carbons (Fsp3) is 1.00. The SMILES string of the molecule is NCC1CCCC1C1CCCOC1. The van der Waals surface area contributed by atoms with Crippen molar-refractivity contribution in [2.24, 2.45) is 23.5 Å². The van der Waals surface area contributed by atoms with Crippen LogP contribution in [0.25, 0.3) is 0 Å². The van der Waals surface area contributed by atoms with Gasteiger partial charge in [-0.1, -0.05) is 6.42 Å². The Morgan fingerprint density at radius 1 is 1.15 bits per heavy atom. The summed E-state index contributed by atoms with van der Waals surface area (Å²) in [5.74, 6) is 2.50. The average molecular weight is 183 g/mol. The van der Waals surface area contributed by atoms with Crippen molar-refractivity contribution < 1.29 is 4.74 Å². The summed E-state index contributed by atoms with van der Waals surface area (Å²) in [6.45, 7) is 2.87. The highest BCUT2D eigenvalue weighted by atomic mass is 16.5. The fourth-order valence-electron chi connectivity index (χ4n) is 3.08. The maximum Gasteiger partial charge on any atom is 0.0497 e. The van der Waals surface area contributed by atoms with Crippen molar-refractivity contribution in [2.75, 3.05) is 19.8 Å². The zero-order chi connectivity index (χ0) is 9.10. The van der Waals surface area contributed by atoms with Crippen molar-refractivity contribution in [2.45, 2.75) is 32.1 Å². The van der Waals surface area contributed by atoms with E-state index in [2.05, 4.69) is 0 Å². The van der Waals surface area contributed by atoms with E-state index in [-0.39, 0.29) is 0 Å². The molecule has 0 aromatic carbocycles. The van der Waals surface area contributed by atoms with Crippen molar-refractivity contribution in [3.05, 3.63) is 0 Å². The second-order valence-electron chi connectivity index (χ2n) is 4.57. The summed E-state index contributed by atoms with van der Waals surface area (Å²) in [4.78, 5) is 0. The molecule has 2 fully saturated rings. The molecule has 1 aliphatic heterocycles. The Kier molecular flexibility index (Phi) is 3.23. The molecule has 0 radical (unpaired) electrons. The van der Waals surface area contributed by atoms with Gasteiger partial charge in [-0.3, -0.25) is 0 Å². The molecule has 2 heteroatoms. The van der Waals surface area contributed by atoms with Gasteiger partial charge in [0.2, 0.25) is 0 Å². The van der Waals surface area contributed by atoms with Crippen molar-refractivity contribution in [3.63, 3.8) is 0 Å². The molecule has 0 aromatic rings. The van der Waals surface area contributed by atoms with E-state index < -0.39 is 0 Å². The highest BCUT2D eigenvalue weighted by Gasteiger charge is 2.33. The minimum atomic E-state index is 0.798. The lowest BCUT2D eigenvalue weighted by Crippen LogP contribution is -2.30. The van der Waals surface area contributed by atoms with Crippen LogP contribution >= 0.6 is 0 Å². The van der Waals surface area contributed by atoms with Gasteiger partial charge in [-0.15, -0.1) is 0 Å². The zero-order valence-corrected chi connectivity index (χ0v) is 8.37. The minimum Gasteiger partial charge on any atom is -0.381 e. The van der Waals surface area contributed by atoms with Crippen LogP contribution in [-0.2, 0) is 4.74 Å². The molecule has 0 aromatic heterocycles. The smallest absolute Gasteiger partial charge is 0.0497 e. The van der Waals surface area contributed by atoms with E-state index in [0.717, 1.165) is 37.5 Å². The second-order valence-corrected chi connectivity index (χ2v) is 4.57. The molecule has 1 heterocycles. The molecule has 1 aliphatic carbocycles. The topological polar surface area (TPSA) is 35.2 Å². The second kappa shape index (κ2) is 4.43. The summed E-state index contributed by atoms with van der Waals surface area (Å²) in [5.41, 5.74) is 5.79. The molecule has 2 nitrogen and oxygen atoms in total. The molecule has 2 rings (SSSR count). The number of hydrogen-bond donors (Lipinski definition) is 1. The molecule has 2 aliphatic rings. The van der Waals surface area contributed by atoms with Gasteiger partial charge in [-0.25, -0.2) is 0 Å². The van der Waals surface area contributed by atoms with E-state index in [1.807, 2.05) is 0 Å². The molecule has 3 atom stereocenters. The van der Waals surface area contributed by atoms with Gasteiger partial charge < -0.3 is 10.5 Å². The van der Waals surface area contributed by atoms with Crippen LogP contribution in [0.4, 0.5) is 0 Å². The van der Waals surface area contributed by atoms with Gasteiger partial charge in [0.25, 0.3) is 0 Å². The molecule has 0 amide bonds. The van der Waals surface area contributed by atoms with Gasteiger partial charge in [0.15, 0.2) is 0 Å². The standard InChI is InChI=1S/C11H21NO/c12-7-9-3-1-5-11(9)10-4-2-6-13-8-10/h9-11H,1-8,12H2. The van der Waals surface area contributed by atoms with E-state index >= 15 is 0 Å². The lowest BCUT2D eigenvalue weighted by molar-refractivity contribution is 0.0229. The normalized spacial score (nSPS) is 40.8. The summed E-state index contributed by atoms with van der Waals surface area (Å²) in [7, 11) is 0. The van der Waals surface area contributed by atoms with Crippen LogP contribution in [-0.4, -0.2) is 19.8 Å². The quantitative estimate of drug-likeness (QED) is 0.708. The molecule has 13 heavy (non-hydrogen) atoms. The predicted octanol–water partition coefficient (Wildman–Crippen LogP) is 1.79. The summed E-state index contributed by atoms with van der Waals surface area (Å²) >= 11 is 0. The molecule has 1 saturated heterocycles. The number of hydrogen-bond acceptors (Lipinski definition) is 2. The van der Waals surface area contributed by atoms with Crippen LogP contribution < -0.4 is 5.73 Å². The maximum absolute atomic E-state index is 5.79. The molecule has 1 saturated carbocycles. The third-order valence-electron chi connectivity index (χ3n) is 3.82. The largest absolute Gasteiger partial charge is 0.381 e. The third-order valence-corrected chi connectivity index (χ3v) is 3.82. The van der Waals surface area contributed by atoms with Crippen molar-refractivity contribution in [3.8, 4) is 0 Å². The van der Waals surface area contributed by atoms with E-state index in [9.17, 15) is 0 Å². The Hall–Kier alpha value is -0.0800. The summed E-state index contributed by atoms with van der Waals surface area (Å²) in [6, 6.07) is 0. The molecule has 0 spiro atoms. The van der Waals surface area contributed by atoms with Gasteiger partial charge in [-0.05, 0) is 50.0 Å². The van der Waals surface area contributed by atoms with E-state index in [4.69, 9.17) is 10.5 Å². The van der Waals surface area contributed by atoms with Crippen LogP contribution in [0, 0.1) is 17.8 Å². The number of ether oxygens (including phenoxy) is 1.